The molecule has 0 bridgehead atoms. The molecule has 1 rings (SSSR count). The third-order valence-corrected chi connectivity index (χ3v) is 2.98. The van der Waals surface area contributed by atoms with E-state index in [2.05, 4.69) is 19.2 Å². The van der Waals surface area contributed by atoms with Crippen LogP contribution in [0.25, 0.3) is 0 Å². The second kappa shape index (κ2) is 8.72. The number of hydrogen-bond acceptors (Lipinski definition) is 3. The van der Waals surface area contributed by atoms with E-state index in [0.29, 0.717) is 25.5 Å². The fourth-order valence-corrected chi connectivity index (χ4v) is 2.08. The lowest BCUT2D eigenvalue weighted by Crippen LogP contribution is -2.18. The third-order valence-electron chi connectivity index (χ3n) is 2.98. The Morgan fingerprint density at radius 1 is 1.35 bits per heavy atom. The molecule has 0 aliphatic carbocycles. The molecule has 0 saturated carbocycles. The first-order valence-electron chi connectivity index (χ1n) is 7.21. The zero-order chi connectivity index (χ0) is 15.0. The van der Waals surface area contributed by atoms with Crippen molar-refractivity contribution in [1.29, 1.82) is 0 Å². The predicted octanol–water partition coefficient (Wildman–Crippen LogP) is 2.93. The maximum absolute atomic E-state index is 11.8. The van der Waals surface area contributed by atoms with Crippen LogP contribution in [0.1, 0.15) is 39.2 Å². The van der Waals surface area contributed by atoms with Gasteiger partial charge in [0.1, 0.15) is 0 Å². The second-order valence-electron chi connectivity index (χ2n) is 5.51. The molecule has 0 radical (unpaired) electrons. The van der Waals surface area contributed by atoms with Crippen LogP contribution in [0.3, 0.4) is 0 Å². The molecule has 1 atom stereocenters. The van der Waals surface area contributed by atoms with E-state index in [1.54, 1.807) is 0 Å². The summed E-state index contributed by atoms with van der Waals surface area (Å²) >= 11 is 0. The van der Waals surface area contributed by atoms with Crippen molar-refractivity contribution in [1.82, 2.24) is 0 Å². The van der Waals surface area contributed by atoms with Gasteiger partial charge in [0.15, 0.2) is 0 Å². The number of rotatable bonds is 8. The van der Waals surface area contributed by atoms with E-state index in [-0.39, 0.29) is 12.0 Å². The van der Waals surface area contributed by atoms with Gasteiger partial charge in [-0.15, -0.1) is 0 Å². The number of nitrogens with two attached hydrogens (primary N) is 1. The van der Waals surface area contributed by atoms with Crippen molar-refractivity contribution in [2.24, 2.45) is 11.7 Å². The van der Waals surface area contributed by atoms with Crippen LogP contribution in [-0.4, -0.2) is 18.6 Å². The fraction of sp³-hybridized carbons (Fsp3) is 0.562. The van der Waals surface area contributed by atoms with Crippen LogP contribution in [0.15, 0.2) is 24.3 Å². The van der Waals surface area contributed by atoms with Crippen molar-refractivity contribution < 1.29 is 9.53 Å². The van der Waals surface area contributed by atoms with Crippen LogP contribution in [0.4, 0.5) is 5.69 Å². The summed E-state index contributed by atoms with van der Waals surface area (Å²) < 4.78 is 5.63. The summed E-state index contributed by atoms with van der Waals surface area (Å²) in [7, 11) is 0. The summed E-state index contributed by atoms with van der Waals surface area (Å²) in [5, 5.41) is 2.86. The maximum atomic E-state index is 11.8. The van der Waals surface area contributed by atoms with E-state index in [4.69, 9.17) is 10.5 Å². The number of carbonyl (C=O) groups is 1. The molecular weight excluding hydrogens is 252 g/mol. The van der Waals surface area contributed by atoms with Crippen molar-refractivity contribution in [2.45, 2.75) is 46.3 Å². The molecule has 0 spiro atoms. The van der Waals surface area contributed by atoms with Gasteiger partial charge in [0.05, 0.1) is 19.1 Å². The topological polar surface area (TPSA) is 64.3 Å². The molecule has 20 heavy (non-hydrogen) atoms. The molecular formula is C16H26N2O2. The van der Waals surface area contributed by atoms with E-state index in [1.807, 2.05) is 31.2 Å². The first-order valence-corrected chi connectivity index (χ1v) is 7.21. The van der Waals surface area contributed by atoms with E-state index in [9.17, 15) is 4.79 Å². The first kappa shape index (κ1) is 16.7. The third kappa shape index (κ3) is 6.68. The summed E-state index contributed by atoms with van der Waals surface area (Å²) in [6, 6.07) is 7.57. The van der Waals surface area contributed by atoms with Gasteiger partial charge in [-0.3, -0.25) is 4.79 Å². The molecule has 0 heterocycles. The molecule has 0 aromatic heterocycles. The van der Waals surface area contributed by atoms with Gasteiger partial charge in [-0.25, -0.2) is 0 Å². The molecule has 0 fully saturated rings. The minimum atomic E-state index is -0.0316. The maximum Gasteiger partial charge on any atom is 0.226 e. The van der Waals surface area contributed by atoms with Gasteiger partial charge in [0, 0.05) is 12.2 Å². The average Bonchev–Trinajstić information content (AvgIpc) is 2.38. The quantitative estimate of drug-likeness (QED) is 0.768. The number of nitrogens with one attached hydrogen (secondary N) is 1. The standard InChI is InChI=1S/C16H26N2O2/c1-12(2)9-13(3)20-8-7-16(19)18-15-6-4-5-14(10-15)11-17/h4-6,10,12-13H,7-9,11,17H2,1-3H3,(H,18,19). The van der Waals surface area contributed by atoms with E-state index in [1.165, 1.54) is 0 Å². The zero-order valence-electron chi connectivity index (χ0n) is 12.7. The van der Waals surface area contributed by atoms with E-state index >= 15 is 0 Å². The van der Waals surface area contributed by atoms with Crippen LogP contribution in [0, 0.1) is 5.92 Å². The van der Waals surface area contributed by atoms with E-state index in [0.717, 1.165) is 17.7 Å². The monoisotopic (exact) mass is 278 g/mol. The number of ether oxygens (including phenoxy) is 1. The number of anilines is 1. The molecule has 4 nitrogen and oxygen atoms in total. The Morgan fingerprint density at radius 2 is 2.10 bits per heavy atom. The highest BCUT2D eigenvalue weighted by Gasteiger charge is 2.07. The van der Waals surface area contributed by atoms with Crippen molar-refractivity contribution in [3.8, 4) is 0 Å². The van der Waals surface area contributed by atoms with Crippen LogP contribution < -0.4 is 11.1 Å². The van der Waals surface area contributed by atoms with Crippen LogP contribution in [0.5, 0.6) is 0 Å². The van der Waals surface area contributed by atoms with Crippen molar-refractivity contribution in [3.05, 3.63) is 29.8 Å². The van der Waals surface area contributed by atoms with Gasteiger partial charge >= 0.3 is 0 Å². The average molecular weight is 278 g/mol. The lowest BCUT2D eigenvalue weighted by molar-refractivity contribution is -0.117. The number of hydrogen-bond donors (Lipinski definition) is 2. The smallest absolute Gasteiger partial charge is 0.226 e. The number of carbonyl (C=O) groups excluding carboxylic acids is 1. The number of benzene rings is 1. The van der Waals surface area contributed by atoms with E-state index < -0.39 is 0 Å². The molecule has 4 heteroatoms. The lowest BCUT2D eigenvalue weighted by Gasteiger charge is -2.15. The Morgan fingerprint density at radius 3 is 2.75 bits per heavy atom. The molecule has 0 aliphatic heterocycles. The van der Waals surface area contributed by atoms with Gasteiger partial charge in [0.25, 0.3) is 0 Å². The number of amides is 1. The minimum Gasteiger partial charge on any atom is -0.378 e. The van der Waals surface area contributed by atoms with Crippen LogP contribution in [-0.2, 0) is 16.1 Å². The Balaban J connectivity index is 2.29. The minimum absolute atomic E-state index is 0.0316. The molecule has 3 N–H and O–H groups in total. The van der Waals surface area contributed by atoms with Crippen LogP contribution in [0.2, 0.25) is 0 Å². The van der Waals surface area contributed by atoms with Gasteiger partial charge in [0.2, 0.25) is 5.91 Å². The highest BCUT2D eigenvalue weighted by molar-refractivity contribution is 5.90. The molecule has 1 unspecified atom stereocenters. The molecule has 1 aromatic rings. The van der Waals surface area contributed by atoms with Gasteiger partial charge in [-0.05, 0) is 37.0 Å². The summed E-state index contributed by atoms with van der Waals surface area (Å²) in [4.78, 5) is 11.8. The Bertz CT molecular complexity index is 419. The van der Waals surface area contributed by atoms with Gasteiger partial charge in [-0.1, -0.05) is 26.0 Å². The van der Waals surface area contributed by atoms with Gasteiger partial charge in [-0.2, -0.15) is 0 Å². The summed E-state index contributed by atoms with van der Waals surface area (Å²) in [6.07, 6.45) is 1.58. The van der Waals surface area contributed by atoms with Crippen LogP contribution >= 0.6 is 0 Å². The van der Waals surface area contributed by atoms with Crippen molar-refractivity contribution in [3.63, 3.8) is 0 Å². The zero-order valence-corrected chi connectivity index (χ0v) is 12.7. The summed E-state index contributed by atoms with van der Waals surface area (Å²) in [6.45, 7) is 7.30. The lowest BCUT2D eigenvalue weighted by atomic mass is 10.1. The SMILES string of the molecule is CC(C)CC(C)OCCC(=O)Nc1cccc(CN)c1. The van der Waals surface area contributed by atoms with Crippen molar-refractivity contribution >= 4 is 11.6 Å². The summed E-state index contributed by atoms with van der Waals surface area (Å²) in [5.74, 6) is 0.578. The normalized spacial score (nSPS) is 12.4. The van der Waals surface area contributed by atoms with Gasteiger partial charge < -0.3 is 15.8 Å². The highest BCUT2D eigenvalue weighted by Crippen LogP contribution is 2.11. The Labute approximate surface area is 121 Å². The Kier molecular flexibility index (Phi) is 7.26. The largest absolute Gasteiger partial charge is 0.378 e. The predicted molar refractivity (Wildman–Crippen MR) is 82.4 cm³/mol. The fourth-order valence-electron chi connectivity index (χ4n) is 2.08. The molecule has 1 aromatic carbocycles. The molecule has 0 aliphatic rings. The molecule has 0 saturated heterocycles. The second-order valence-corrected chi connectivity index (χ2v) is 5.51. The highest BCUT2D eigenvalue weighted by atomic mass is 16.5. The molecule has 112 valence electrons. The summed E-state index contributed by atoms with van der Waals surface area (Å²) in [5.41, 5.74) is 7.36. The van der Waals surface area contributed by atoms with Crippen molar-refractivity contribution in [2.75, 3.05) is 11.9 Å². The Hall–Kier alpha value is -1.39. The first-order chi connectivity index (χ1) is 9.51. The molecule has 1 amide bonds.